The molecule has 0 radical (unpaired) electrons. The Hall–Kier alpha value is -3.39. The molecule has 4 rings (SSSR count). The summed E-state index contributed by atoms with van der Waals surface area (Å²) >= 11 is 0. The standard InChI is InChI=1S/C23H22FN3O3S/c24-21-8-4-5-9-22(21)26-31(29,30)20-12-10-17(11-13-20)23(28)27-15-14-19(16-27)25-18-6-2-1-3-7-18/h1-13,19,25-26H,14-16H2. The number of hydrogen-bond donors (Lipinski definition) is 2. The molecular weight excluding hydrogens is 417 g/mol. The van der Waals surface area contributed by atoms with E-state index in [0.29, 0.717) is 18.7 Å². The Morgan fingerprint density at radius 3 is 2.32 bits per heavy atom. The van der Waals surface area contributed by atoms with Crippen LogP contribution in [-0.4, -0.2) is 38.4 Å². The van der Waals surface area contributed by atoms with Crippen molar-refractivity contribution in [3.63, 3.8) is 0 Å². The fourth-order valence-corrected chi connectivity index (χ4v) is 4.61. The van der Waals surface area contributed by atoms with Crippen LogP contribution in [0.1, 0.15) is 16.8 Å². The summed E-state index contributed by atoms with van der Waals surface area (Å²) < 4.78 is 41.0. The van der Waals surface area contributed by atoms with Gasteiger partial charge in [0.05, 0.1) is 10.6 Å². The number of para-hydroxylation sites is 2. The monoisotopic (exact) mass is 439 g/mol. The quantitative estimate of drug-likeness (QED) is 0.610. The summed E-state index contributed by atoms with van der Waals surface area (Å²) in [4.78, 5) is 14.5. The molecule has 3 aromatic rings. The highest BCUT2D eigenvalue weighted by Gasteiger charge is 2.27. The number of likely N-dealkylation sites (tertiary alicyclic amines) is 1. The Bertz CT molecular complexity index is 1170. The summed E-state index contributed by atoms with van der Waals surface area (Å²) in [6.45, 7) is 1.20. The Morgan fingerprint density at radius 1 is 0.935 bits per heavy atom. The molecule has 1 aliphatic rings. The number of sulfonamides is 1. The number of anilines is 2. The van der Waals surface area contributed by atoms with E-state index in [0.717, 1.165) is 12.1 Å². The molecular formula is C23H22FN3O3S. The van der Waals surface area contributed by atoms with Gasteiger partial charge in [-0.3, -0.25) is 9.52 Å². The molecule has 1 fully saturated rings. The summed E-state index contributed by atoms with van der Waals surface area (Å²) in [6, 6.07) is 21.2. The van der Waals surface area contributed by atoms with Gasteiger partial charge in [-0.05, 0) is 55.0 Å². The first-order valence-corrected chi connectivity index (χ1v) is 11.4. The van der Waals surface area contributed by atoms with Crippen molar-refractivity contribution in [3.05, 3.63) is 90.2 Å². The number of nitrogens with zero attached hydrogens (tertiary/aromatic N) is 1. The van der Waals surface area contributed by atoms with Crippen LogP contribution in [-0.2, 0) is 10.0 Å². The van der Waals surface area contributed by atoms with Gasteiger partial charge in [0.1, 0.15) is 5.82 Å². The molecule has 2 N–H and O–H groups in total. The minimum atomic E-state index is -3.97. The normalized spacial score (nSPS) is 16.2. The molecule has 160 valence electrons. The van der Waals surface area contributed by atoms with E-state index in [1.165, 1.54) is 42.5 Å². The number of rotatable bonds is 6. The van der Waals surface area contributed by atoms with Gasteiger partial charge in [0.15, 0.2) is 0 Å². The molecule has 1 amide bonds. The van der Waals surface area contributed by atoms with Crippen molar-refractivity contribution in [2.24, 2.45) is 0 Å². The highest BCUT2D eigenvalue weighted by molar-refractivity contribution is 7.92. The van der Waals surface area contributed by atoms with Crippen LogP contribution in [0.4, 0.5) is 15.8 Å². The summed E-state index contributed by atoms with van der Waals surface area (Å²) in [6.07, 6.45) is 0.833. The average Bonchev–Trinajstić information content (AvgIpc) is 3.24. The van der Waals surface area contributed by atoms with E-state index >= 15 is 0 Å². The van der Waals surface area contributed by atoms with Crippen molar-refractivity contribution in [3.8, 4) is 0 Å². The smallest absolute Gasteiger partial charge is 0.261 e. The number of amides is 1. The van der Waals surface area contributed by atoms with E-state index < -0.39 is 15.8 Å². The van der Waals surface area contributed by atoms with Gasteiger partial charge in [-0.25, -0.2) is 12.8 Å². The SMILES string of the molecule is O=C(c1ccc(S(=O)(=O)Nc2ccccc2F)cc1)N1CCC(Nc2ccccc2)C1. The lowest BCUT2D eigenvalue weighted by atomic mass is 10.2. The zero-order valence-corrected chi connectivity index (χ0v) is 17.5. The van der Waals surface area contributed by atoms with E-state index in [4.69, 9.17) is 0 Å². The largest absolute Gasteiger partial charge is 0.380 e. The van der Waals surface area contributed by atoms with Gasteiger partial charge >= 0.3 is 0 Å². The first kappa shape index (κ1) is 20.9. The predicted octanol–water partition coefficient (Wildman–Crippen LogP) is 3.95. The molecule has 1 saturated heterocycles. The third-order valence-corrected chi connectivity index (χ3v) is 6.53. The third-order valence-electron chi connectivity index (χ3n) is 5.15. The van der Waals surface area contributed by atoms with Crippen LogP contribution in [0.25, 0.3) is 0 Å². The van der Waals surface area contributed by atoms with Crippen LogP contribution in [0.3, 0.4) is 0 Å². The van der Waals surface area contributed by atoms with Crippen molar-refractivity contribution < 1.29 is 17.6 Å². The maximum Gasteiger partial charge on any atom is 0.261 e. The number of benzene rings is 3. The molecule has 6 nitrogen and oxygen atoms in total. The van der Waals surface area contributed by atoms with Crippen LogP contribution >= 0.6 is 0 Å². The molecule has 31 heavy (non-hydrogen) atoms. The van der Waals surface area contributed by atoms with E-state index in [1.807, 2.05) is 30.3 Å². The van der Waals surface area contributed by atoms with E-state index in [2.05, 4.69) is 10.0 Å². The summed E-state index contributed by atoms with van der Waals surface area (Å²) in [5.41, 5.74) is 1.29. The van der Waals surface area contributed by atoms with Gasteiger partial charge in [-0.1, -0.05) is 30.3 Å². The molecule has 8 heteroatoms. The molecule has 0 spiro atoms. The molecule has 0 aromatic heterocycles. The average molecular weight is 440 g/mol. The Balaban J connectivity index is 1.41. The molecule has 1 aliphatic heterocycles. The maximum atomic E-state index is 13.8. The summed E-state index contributed by atoms with van der Waals surface area (Å²) in [7, 11) is -3.97. The van der Waals surface area contributed by atoms with E-state index in [-0.39, 0.29) is 22.5 Å². The Labute approximate surface area is 180 Å². The second-order valence-corrected chi connectivity index (χ2v) is 9.04. The first-order chi connectivity index (χ1) is 14.9. The highest BCUT2D eigenvalue weighted by atomic mass is 32.2. The second kappa shape index (κ2) is 8.77. The molecule has 1 atom stereocenters. The van der Waals surface area contributed by atoms with Crippen molar-refractivity contribution in [1.82, 2.24) is 4.90 Å². The van der Waals surface area contributed by atoms with Gasteiger partial charge in [0.2, 0.25) is 0 Å². The van der Waals surface area contributed by atoms with E-state index in [9.17, 15) is 17.6 Å². The van der Waals surface area contributed by atoms with Crippen molar-refractivity contribution >= 4 is 27.3 Å². The predicted molar refractivity (Wildman–Crippen MR) is 118 cm³/mol. The van der Waals surface area contributed by atoms with Gasteiger partial charge in [-0.15, -0.1) is 0 Å². The zero-order chi connectivity index (χ0) is 21.8. The molecule has 0 saturated carbocycles. The molecule has 0 bridgehead atoms. The molecule has 3 aromatic carbocycles. The summed E-state index contributed by atoms with van der Waals surface area (Å²) in [5, 5.41) is 3.42. The van der Waals surface area contributed by atoms with Crippen LogP contribution in [0.15, 0.2) is 83.8 Å². The van der Waals surface area contributed by atoms with Gasteiger partial charge < -0.3 is 10.2 Å². The minimum absolute atomic E-state index is 0.0441. The third kappa shape index (κ3) is 4.86. The second-order valence-electron chi connectivity index (χ2n) is 7.36. The van der Waals surface area contributed by atoms with Crippen LogP contribution in [0.5, 0.6) is 0 Å². The Morgan fingerprint density at radius 2 is 1.61 bits per heavy atom. The lowest BCUT2D eigenvalue weighted by Crippen LogP contribution is -2.31. The molecule has 1 unspecified atom stereocenters. The lowest BCUT2D eigenvalue weighted by molar-refractivity contribution is 0.0791. The zero-order valence-electron chi connectivity index (χ0n) is 16.7. The van der Waals surface area contributed by atoms with Crippen LogP contribution in [0, 0.1) is 5.82 Å². The number of carbonyl (C=O) groups is 1. The molecule has 0 aliphatic carbocycles. The topological polar surface area (TPSA) is 78.5 Å². The molecule has 1 heterocycles. The summed E-state index contributed by atoms with van der Waals surface area (Å²) in [5.74, 6) is -0.811. The van der Waals surface area contributed by atoms with Crippen LogP contribution < -0.4 is 10.0 Å². The van der Waals surface area contributed by atoms with E-state index in [1.54, 1.807) is 11.0 Å². The van der Waals surface area contributed by atoms with Crippen molar-refractivity contribution in [1.29, 1.82) is 0 Å². The van der Waals surface area contributed by atoms with Crippen molar-refractivity contribution in [2.45, 2.75) is 17.4 Å². The number of halogens is 1. The number of nitrogens with one attached hydrogen (secondary N) is 2. The number of carbonyl (C=O) groups excluding carboxylic acids is 1. The van der Waals surface area contributed by atoms with Gasteiger partial charge in [0.25, 0.3) is 15.9 Å². The number of hydrogen-bond acceptors (Lipinski definition) is 4. The van der Waals surface area contributed by atoms with Crippen molar-refractivity contribution in [2.75, 3.05) is 23.1 Å². The van der Waals surface area contributed by atoms with Gasteiger partial charge in [0, 0.05) is 30.4 Å². The Kier molecular flexibility index (Phi) is 5.90. The first-order valence-electron chi connectivity index (χ1n) is 9.91. The minimum Gasteiger partial charge on any atom is -0.380 e. The fraction of sp³-hybridized carbons (Fsp3) is 0.174. The highest BCUT2D eigenvalue weighted by Crippen LogP contribution is 2.21. The fourth-order valence-electron chi connectivity index (χ4n) is 3.54. The maximum absolute atomic E-state index is 13.8. The lowest BCUT2D eigenvalue weighted by Gasteiger charge is -2.18. The van der Waals surface area contributed by atoms with Gasteiger partial charge in [-0.2, -0.15) is 0 Å². The van der Waals surface area contributed by atoms with Crippen LogP contribution in [0.2, 0.25) is 0 Å².